The van der Waals surface area contributed by atoms with Gasteiger partial charge in [-0.05, 0) is 32.4 Å². The summed E-state index contributed by atoms with van der Waals surface area (Å²) in [5.74, 6) is 0.946. The minimum atomic E-state index is -0.767. The molecule has 1 aromatic heterocycles. The number of hydrogen-bond acceptors (Lipinski definition) is 3. The van der Waals surface area contributed by atoms with Gasteiger partial charge in [-0.2, -0.15) is 0 Å². The fourth-order valence-electron chi connectivity index (χ4n) is 2.20. The van der Waals surface area contributed by atoms with Crippen LogP contribution in [0.4, 0.5) is 0 Å². The lowest BCUT2D eigenvalue weighted by Crippen LogP contribution is -2.05. The van der Waals surface area contributed by atoms with Crippen LogP contribution in [-0.4, -0.2) is 26.7 Å². The summed E-state index contributed by atoms with van der Waals surface area (Å²) in [6.07, 6.45) is 1.57. The van der Waals surface area contributed by atoms with Crippen molar-refractivity contribution in [1.29, 1.82) is 0 Å². The number of aryl methyl sites for hydroxylation is 2. The first-order chi connectivity index (χ1) is 9.47. The van der Waals surface area contributed by atoms with Crippen molar-refractivity contribution in [3.05, 3.63) is 24.0 Å². The Morgan fingerprint density at radius 3 is 2.85 bits per heavy atom. The minimum absolute atomic E-state index is 0.131. The van der Waals surface area contributed by atoms with Gasteiger partial charge in [-0.3, -0.25) is 4.79 Å². The number of aliphatic carboxylic acids is 1. The molecule has 1 aromatic carbocycles. The van der Waals surface area contributed by atoms with Crippen molar-refractivity contribution in [2.45, 2.75) is 39.2 Å². The zero-order valence-electron chi connectivity index (χ0n) is 12.1. The molecule has 5 nitrogen and oxygen atoms in total. The molecule has 0 spiro atoms. The average molecular weight is 276 g/mol. The van der Waals surface area contributed by atoms with Gasteiger partial charge in [-0.25, -0.2) is 4.98 Å². The Morgan fingerprint density at radius 1 is 1.45 bits per heavy atom. The van der Waals surface area contributed by atoms with E-state index in [1.54, 1.807) is 0 Å². The lowest BCUT2D eigenvalue weighted by Gasteiger charge is -2.09. The van der Waals surface area contributed by atoms with Gasteiger partial charge < -0.3 is 14.4 Å². The van der Waals surface area contributed by atoms with Crippen LogP contribution in [0.25, 0.3) is 11.0 Å². The normalized spacial score (nSPS) is 11.2. The Balaban J connectivity index is 2.20. The largest absolute Gasteiger partial charge is 0.491 e. The van der Waals surface area contributed by atoms with Gasteiger partial charge in [0.05, 0.1) is 17.1 Å². The van der Waals surface area contributed by atoms with E-state index in [1.165, 1.54) is 0 Å². The number of ether oxygens (including phenoxy) is 1. The summed E-state index contributed by atoms with van der Waals surface area (Å²) in [7, 11) is 1.95. The van der Waals surface area contributed by atoms with Gasteiger partial charge in [0, 0.05) is 26.0 Å². The van der Waals surface area contributed by atoms with E-state index in [0.717, 1.165) is 22.6 Å². The topological polar surface area (TPSA) is 64.3 Å². The zero-order chi connectivity index (χ0) is 14.7. The van der Waals surface area contributed by atoms with Crippen LogP contribution in [0.2, 0.25) is 0 Å². The standard InChI is InChI=1S/C15H20N2O3/c1-10(2)20-11-7-8-13-12(9-11)16-14(17(13)3)5-4-6-15(18)19/h7-10H,4-6H2,1-3H3,(H,18,19). The summed E-state index contributed by atoms with van der Waals surface area (Å²) in [6, 6.07) is 5.85. The Labute approximate surface area is 118 Å². The SMILES string of the molecule is CC(C)Oc1ccc2c(c1)nc(CCCC(=O)O)n2C. The average Bonchev–Trinajstić information content (AvgIpc) is 2.65. The van der Waals surface area contributed by atoms with Gasteiger partial charge in [-0.15, -0.1) is 0 Å². The third-order valence-corrected chi connectivity index (χ3v) is 3.11. The molecular weight excluding hydrogens is 256 g/mol. The first kappa shape index (κ1) is 14.4. The van der Waals surface area contributed by atoms with Crippen molar-refractivity contribution in [2.75, 3.05) is 0 Å². The molecular formula is C15H20N2O3. The highest BCUT2D eigenvalue weighted by Crippen LogP contribution is 2.22. The van der Waals surface area contributed by atoms with Crippen molar-refractivity contribution < 1.29 is 14.6 Å². The van der Waals surface area contributed by atoms with Crippen LogP contribution in [0.3, 0.4) is 0 Å². The number of carboxylic acid groups (broad SMARTS) is 1. The fraction of sp³-hybridized carbons (Fsp3) is 0.467. The molecule has 0 saturated carbocycles. The second-order valence-electron chi connectivity index (χ2n) is 5.15. The van der Waals surface area contributed by atoms with E-state index in [4.69, 9.17) is 9.84 Å². The predicted octanol–water partition coefficient (Wildman–Crippen LogP) is 2.77. The van der Waals surface area contributed by atoms with E-state index in [-0.39, 0.29) is 12.5 Å². The second-order valence-corrected chi connectivity index (χ2v) is 5.15. The number of carboxylic acids is 1. The summed E-state index contributed by atoms with van der Waals surface area (Å²) in [4.78, 5) is 15.1. The van der Waals surface area contributed by atoms with Crippen molar-refractivity contribution >= 4 is 17.0 Å². The summed E-state index contributed by atoms with van der Waals surface area (Å²) in [5.41, 5.74) is 1.92. The van der Waals surface area contributed by atoms with Crippen LogP contribution in [0, 0.1) is 0 Å². The smallest absolute Gasteiger partial charge is 0.303 e. The van der Waals surface area contributed by atoms with E-state index in [9.17, 15) is 4.79 Å². The van der Waals surface area contributed by atoms with Crippen molar-refractivity contribution in [2.24, 2.45) is 7.05 Å². The number of hydrogen-bond donors (Lipinski definition) is 1. The van der Waals surface area contributed by atoms with Gasteiger partial charge in [0.1, 0.15) is 11.6 Å². The molecule has 0 aliphatic rings. The number of benzene rings is 1. The molecule has 1 N–H and O–H groups in total. The number of aromatic nitrogens is 2. The molecule has 108 valence electrons. The molecule has 2 aromatic rings. The van der Waals surface area contributed by atoms with E-state index >= 15 is 0 Å². The summed E-state index contributed by atoms with van der Waals surface area (Å²) in [5, 5.41) is 8.68. The van der Waals surface area contributed by atoms with Crippen LogP contribution in [0.1, 0.15) is 32.5 Å². The second kappa shape index (κ2) is 5.94. The van der Waals surface area contributed by atoms with Crippen LogP contribution in [-0.2, 0) is 18.3 Å². The van der Waals surface area contributed by atoms with Crippen LogP contribution < -0.4 is 4.74 Å². The van der Waals surface area contributed by atoms with Gasteiger partial charge >= 0.3 is 5.97 Å². The van der Waals surface area contributed by atoms with Crippen molar-refractivity contribution in [3.8, 4) is 5.75 Å². The first-order valence-electron chi connectivity index (χ1n) is 6.81. The Hall–Kier alpha value is -2.04. The molecule has 0 aliphatic carbocycles. The van der Waals surface area contributed by atoms with Crippen LogP contribution in [0.5, 0.6) is 5.75 Å². The van der Waals surface area contributed by atoms with Gasteiger partial charge in [0.25, 0.3) is 0 Å². The van der Waals surface area contributed by atoms with Gasteiger partial charge in [0.2, 0.25) is 0 Å². The molecule has 0 radical (unpaired) electrons. The third-order valence-electron chi connectivity index (χ3n) is 3.11. The maximum Gasteiger partial charge on any atom is 0.303 e. The van der Waals surface area contributed by atoms with E-state index in [0.29, 0.717) is 12.8 Å². The molecule has 0 unspecified atom stereocenters. The lowest BCUT2D eigenvalue weighted by molar-refractivity contribution is -0.137. The van der Waals surface area contributed by atoms with E-state index < -0.39 is 5.97 Å². The zero-order valence-corrected chi connectivity index (χ0v) is 12.1. The molecule has 2 rings (SSSR count). The maximum absolute atomic E-state index is 10.6. The molecule has 5 heteroatoms. The number of rotatable bonds is 6. The molecule has 0 amide bonds. The summed E-state index contributed by atoms with van der Waals surface area (Å²) < 4.78 is 7.67. The highest BCUT2D eigenvalue weighted by Gasteiger charge is 2.10. The predicted molar refractivity (Wildman–Crippen MR) is 77.1 cm³/mol. The summed E-state index contributed by atoms with van der Waals surface area (Å²) in [6.45, 7) is 3.97. The lowest BCUT2D eigenvalue weighted by atomic mass is 10.2. The van der Waals surface area contributed by atoms with Crippen molar-refractivity contribution in [1.82, 2.24) is 9.55 Å². The number of carbonyl (C=O) groups is 1. The molecule has 20 heavy (non-hydrogen) atoms. The van der Waals surface area contributed by atoms with Gasteiger partial charge in [-0.1, -0.05) is 0 Å². The molecule has 0 bridgehead atoms. The quantitative estimate of drug-likeness (QED) is 0.881. The molecule has 0 saturated heterocycles. The maximum atomic E-state index is 10.6. The Bertz CT molecular complexity index is 617. The van der Waals surface area contributed by atoms with Gasteiger partial charge in [0.15, 0.2) is 0 Å². The highest BCUT2D eigenvalue weighted by molar-refractivity contribution is 5.77. The molecule has 0 atom stereocenters. The van der Waals surface area contributed by atoms with E-state index in [2.05, 4.69) is 4.98 Å². The monoisotopic (exact) mass is 276 g/mol. The molecule has 1 heterocycles. The number of fused-ring (bicyclic) bond motifs is 1. The number of nitrogens with zero attached hydrogens (tertiary/aromatic N) is 2. The summed E-state index contributed by atoms with van der Waals surface area (Å²) >= 11 is 0. The molecule has 0 aliphatic heterocycles. The minimum Gasteiger partial charge on any atom is -0.491 e. The number of imidazole rings is 1. The highest BCUT2D eigenvalue weighted by atomic mass is 16.5. The fourth-order valence-corrected chi connectivity index (χ4v) is 2.20. The first-order valence-corrected chi connectivity index (χ1v) is 6.81. The van der Waals surface area contributed by atoms with Crippen molar-refractivity contribution in [3.63, 3.8) is 0 Å². The third kappa shape index (κ3) is 3.29. The van der Waals surface area contributed by atoms with Crippen LogP contribution >= 0.6 is 0 Å². The van der Waals surface area contributed by atoms with Crippen LogP contribution in [0.15, 0.2) is 18.2 Å². The van der Waals surface area contributed by atoms with E-state index in [1.807, 2.05) is 43.7 Å². The molecule has 0 fully saturated rings. The Kier molecular flexibility index (Phi) is 4.27. The Morgan fingerprint density at radius 2 is 2.20 bits per heavy atom.